The highest BCUT2D eigenvalue weighted by atomic mass is 16.5. The van der Waals surface area contributed by atoms with E-state index in [0.29, 0.717) is 30.5 Å². The van der Waals surface area contributed by atoms with Crippen LogP contribution in [0.4, 0.5) is 0 Å². The highest BCUT2D eigenvalue weighted by Gasteiger charge is 2.08. The van der Waals surface area contributed by atoms with Crippen LogP contribution in [-0.2, 0) is 11.3 Å². The molecule has 1 aromatic heterocycles. The Morgan fingerprint density at radius 2 is 1.91 bits per heavy atom. The van der Waals surface area contributed by atoms with Gasteiger partial charge in [0.15, 0.2) is 11.5 Å². The number of hydrogen-bond donors (Lipinski definition) is 1. The van der Waals surface area contributed by atoms with Gasteiger partial charge in [0.05, 0.1) is 6.61 Å². The van der Waals surface area contributed by atoms with E-state index < -0.39 is 0 Å². The molecule has 2 rings (SSSR count). The molecule has 0 fully saturated rings. The van der Waals surface area contributed by atoms with Crippen molar-refractivity contribution >= 4 is 5.91 Å². The van der Waals surface area contributed by atoms with Crippen LogP contribution in [0.3, 0.4) is 0 Å². The van der Waals surface area contributed by atoms with Crippen molar-refractivity contribution in [2.45, 2.75) is 27.3 Å². The summed E-state index contributed by atoms with van der Waals surface area (Å²) < 4.78 is 11.3. The molecule has 0 saturated heterocycles. The zero-order chi connectivity index (χ0) is 16.7. The fourth-order valence-corrected chi connectivity index (χ4v) is 1.89. The van der Waals surface area contributed by atoms with Crippen molar-refractivity contribution in [1.29, 1.82) is 0 Å². The summed E-state index contributed by atoms with van der Waals surface area (Å²) in [6, 6.07) is 11.1. The fraction of sp³-hybridized carbons (Fsp3) is 0.333. The number of nitrogens with one attached hydrogen (secondary N) is 1. The van der Waals surface area contributed by atoms with E-state index >= 15 is 0 Å². The number of para-hydroxylation sites is 2. The van der Waals surface area contributed by atoms with Gasteiger partial charge >= 0.3 is 0 Å². The number of rotatable bonds is 7. The van der Waals surface area contributed by atoms with E-state index in [2.05, 4.69) is 10.3 Å². The lowest BCUT2D eigenvalue weighted by molar-refractivity contribution is -0.124. The molecule has 0 aliphatic rings. The topological polar surface area (TPSA) is 60.5 Å². The van der Waals surface area contributed by atoms with Crippen molar-refractivity contribution in [3.05, 3.63) is 48.2 Å². The molecule has 0 unspecified atom stereocenters. The molecule has 0 spiro atoms. The molecule has 1 heterocycles. The second-order valence-electron chi connectivity index (χ2n) is 5.36. The molecule has 2 aromatic rings. The van der Waals surface area contributed by atoms with Crippen molar-refractivity contribution in [2.24, 2.45) is 5.92 Å². The number of pyridine rings is 1. The van der Waals surface area contributed by atoms with Gasteiger partial charge in [-0.25, -0.2) is 4.98 Å². The van der Waals surface area contributed by atoms with Crippen LogP contribution in [0.25, 0.3) is 0 Å². The van der Waals surface area contributed by atoms with Crippen LogP contribution in [0.15, 0.2) is 42.6 Å². The van der Waals surface area contributed by atoms with Crippen molar-refractivity contribution in [2.75, 3.05) is 6.61 Å². The van der Waals surface area contributed by atoms with Crippen LogP contribution >= 0.6 is 0 Å². The molecular weight excluding hydrogens is 292 g/mol. The van der Waals surface area contributed by atoms with E-state index in [1.54, 1.807) is 12.3 Å². The number of amides is 1. The van der Waals surface area contributed by atoms with E-state index in [4.69, 9.17) is 9.47 Å². The first-order valence-electron chi connectivity index (χ1n) is 7.72. The maximum Gasteiger partial charge on any atom is 0.222 e. The molecule has 0 atom stereocenters. The van der Waals surface area contributed by atoms with E-state index in [1.807, 2.05) is 51.1 Å². The maximum atomic E-state index is 11.6. The Morgan fingerprint density at radius 1 is 1.17 bits per heavy atom. The predicted octanol–water partition coefficient (Wildman–Crippen LogP) is 3.54. The summed E-state index contributed by atoms with van der Waals surface area (Å²) in [5.74, 6) is 1.79. The molecule has 1 aromatic carbocycles. The first-order chi connectivity index (χ1) is 11.1. The average Bonchev–Trinajstić information content (AvgIpc) is 2.56. The van der Waals surface area contributed by atoms with Crippen LogP contribution in [0, 0.1) is 5.92 Å². The standard InChI is InChI=1S/C18H22N2O3/c1-4-22-15-7-5-6-8-16(15)23-17-10-9-14(11-19-17)12-20-18(21)13(2)3/h5-11,13H,4,12H2,1-3H3,(H,20,21). The Hall–Kier alpha value is -2.56. The van der Waals surface area contributed by atoms with Crippen LogP contribution < -0.4 is 14.8 Å². The van der Waals surface area contributed by atoms with Crippen LogP contribution in [-0.4, -0.2) is 17.5 Å². The molecule has 0 radical (unpaired) electrons. The number of hydrogen-bond acceptors (Lipinski definition) is 4. The Labute approximate surface area is 136 Å². The first kappa shape index (κ1) is 16.8. The zero-order valence-corrected chi connectivity index (χ0v) is 13.7. The Morgan fingerprint density at radius 3 is 2.52 bits per heavy atom. The Bertz CT molecular complexity index is 639. The third kappa shape index (κ3) is 4.98. The number of carbonyl (C=O) groups is 1. The number of nitrogens with zero attached hydrogens (tertiary/aromatic N) is 1. The number of ether oxygens (including phenoxy) is 2. The Balaban J connectivity index is 1.99. The van der Waals surface area contributed by atoms with Crippen LogP contribution in [0.5, 0.6) is 17.4 Å². The van der Waals surface area contributed by atoms with Gasteiger partial charge in [-0.05, 0) is 24.6 Å². The Kier molecular flexibility index (Phi) is 5.97. The summed E-state index contributed by atoms with van der Waals surface area (Å²) in [7, 11) is 0. The van der Waals surface area contributed by atoms with Gasteiger partial charge in [0, 0.05) is 24.7 Å². The third-order valence-corrected chi connectivity index (χ3v) is 3.15. The first-order valence-corrected chi connectivity index (χ1v) is 7.72. The third-order valence-electron chi connectivity index (χ3n) is 3.15. The SMILES string of the molecule is CCOc1ccccc1Oc1ccc(CNC(=O)C(C)C)cn1. The van der Waals surface area contributed by atoms with Gasteiger partial charge in [0.2, 0.25) is 11.8 Å². The smallest absolute Gasteiger partial charge is 0.222 e. The number of carbonyl (C=O) groups excluding carboxylic acids is 1. The molecule has 5 heteroatoms. The molecule has 122 valence electrons. The summed E-state index contributed by atoms with van der Waals surface area (Å²) in [5, 5.41) is 2.85. The highest BCUT2D eigenvalue weighted by molar-refractivity contribution is 5.77. The second kappa shape index (κ2) is 8.17. The summed E-state index contributed by atoms with van der Waals surface area (Å²) in [5.41, 5.74) is 0.921. The van der Waals surface area contributed by atoms with Gasteiger partial charge in [-0.3, -0.25) is 4.79 Å². The highest BCUT2D eigenvalue weighted by Crippen LogP contribution is 2.30. The van der Waals surface area contributed by atoms with Crippen molar-refractivity contribution in [3.8, 4) is 17.4 Å². The summed E-state index contributed by atoms with van der Waals surface area (Å²) in [6.07, 6.45) is 1.69. The molecule has 5 nitrogen and oxygen atoms in total. The normalized spacial score (nSPS) is 10.4. The minimum atomic E-state index is -0.0272. The largest absolute Gasteiger partial charge is 0.490 e. The van der Waals surface area contributed by atoms with Gasteiger partial charge in [0.1, 0.15) is 0 Å². The van der Waals surface area contributed by atoms with Gasteiger partial charge in [0.25, 0.3) is 0 Å². The zero-order valence-electron chi connectivity index (χ0n) is 13.7. The molecular formula is C18H22N2O3. The van der Waals surface area contributed by atoms with E-state index in [-0.39, 0.29) is 11.8 Å². The van der Waals surface area contributed by atoms with Crippen LogP contribution in [0.1, 0.15) is 26.3 Å². The molecule has 0 aliphatic carbocycles. The predicted molar refractivity (Wildman–Crippen MR) is 88.6 cm³/mol. The lowest BCUT2D eigenvalue weighted by Crippen LogP contribution is -2.27. The molecule has 1 N–H and O–H groups in total. The van der Waals surface area contributed by atoms with Gasteiger partial charge < -0.3 is 14.8 Å². The average molecular weight is 314 g/mol. The van der Waals surface area contributed by atoms with E-state index in [0.717, 1.165) is 5.56 Å². The van der Waals surface area contributed by atoms with Crippen molar-refractivity contribution in [1.82, 2.24) is 10.3 Å². The van der Waals surface area contributed by atoms with E-state index in [9.17, 15) is 4.79 Å². The van der Waals surface area contributed by atoms with E-state index in [1.165, 1.54) is 0 Å². The van der Waals surface area contributed by atoms with Crippen molar-refractivity contribution in [3.63, 3.8) is 0 Å². The molecule has 0 saturated carbocycles. The molecule has 0 bridgehead atoms. The van der Waals surface area contributed by atoms with Crippen molar-refractivity contribution < 1.29 is 14.3 Å². The van der Waals surface area contributed by atoms with Gasteiger partial charge in [-0.2, -0.15) is 0 Å². The fourth-order valence-electron chi connectivity index (χ4n) is 1.89. The minimum Gasteiger partial charge on any atom is -0.490 e. The summed E-state index contributed by atoms with van der Waals surface area (Å²) in [6.45, 7) is 6.68. The number of benzene rings is 1. The van der Waals surface area contributed by atoms with Gasteiger partial charge in [-0.1, -0.05) is 32.0 Å². The van der Waals surface area contributed by atoms with Crippen LogP contribution in [0.2, 0.25) is 0 Å². The molecule has 0 aliphatic heterocycles. The quantitative estimate of drug-likeness (QED) is 0.849. The van der Waals surface area contributed by atoms with Gasteiger partial charge in [-0.15, -0.1) is 0 Å². The number of aromatic nitrogens is 1. The molecule has 1 amide bonds. The monoisotopic (exact) mass is 314 g/mol. The summed E-state index contributed by atoms with van der Waals surface area (Å²) in [4.78, 5) is 15.8. The minimum absolute atomic E-state index is 0.0240. The lowest BCUT2D eigenvalue weighted by Gasteiger charge is -2.11. The summed E-state index contributed by atoms with van der Waals surface area (Å²) >= 11 is 0. The maximum absolute atomic E-state index is 11.6. The second-order valence-corrected chi connectivity index (χ2v) is 5.36. The molecule has 23 heavy (non-hydrogen) atoms. The lowest BCUT2D eigenvalue weighted by atomic mass is 10.2.